The summed E-state index contributed by atoms with van der Waals surface area (Å²) < 4.78 is 28.1. The molecule has 0 saturated carbocycles. The molecule has 6 nitrogen and oxygen atoms in total. The van der Waals surface area contributed by atoms with E-state index in [1.54, 1.807) is 39.0 Å². The number of amides is 1. The molecule has 0 atom stereocenters. The van der Waals surface area contributed by atoms with Gasteiger partial charge in [-0.2, -0.15) is 0 Å². The van der Waals surface area contributed by atoms with E-state index in [0.717, 1.165) is 10.6 Å². The third-order valence-corrected chi connectivity index (χ3v) is 7.03. The number of carbonyl (C=O) groups is 1. The van der Waals surface area contributed by atoms with Crippen LogP contribution in [0.4, 0.5) is 5.69 Å². The van der Waals surface area contributed by atoms with Crippen LogP contribution in [-0.4, -0.2) is 24.8 Å². The predicted molar refractivity (Wildman–Crippen MR) is 125 cm³/mol. The van der Waals surface area contributed by atoms with Gasteiger partial charge in [0.2, 0.25) is 15.9 Å². The first-order valence-electron chi connectivity index (χ1n) is 9.62. The van der Waals surface area contributed by atoms with Crippen molar-refractivity contribution in [2.24, 2.45) is 0 Å². The monoisotopic (exact) mass is 477 g/mol. The van der Waals surface area contributed by atoms with Gasteiger partial charge in [-0.25, -0.2) is 18.1 Å². The zero-order valence-electron chi connectivity index (χ0n) is 17.5. The molecule has 31 heavy (non-hydrogen) atoms. The van der Waals surface area contributed by atoms with Gasteiger partial charge in [0.15, 0.2) is 0 Å². The van der Waals surface area contributed by atoms with Crippen molar-refractivity contribution in [1.82, 2.24) is 9.71 Å². The van der Waals surface area contributed by atoms with Gasteiger partial charge in [0.05, 0.1) is 22.8 Å². The second kappa shape index (κ2) is 9.48. The number of thiazole rings is 1. The van der Waals surface area contributed by atoms with E-state index in [2.05, 4.69) is 15.0 Å². The Balaban J connectivity index is 1.69. The first-order chi connectivity index (χ1) is 14.5. The fraction of sp³-hybridized carbons (Fsp3) is 0.273. The lowest BCUT2D eigenvalue weighted by atomic mass is 10.1. The first-order valence-corrected chi connectivity index (χ1v) is 12.4. The Morgan fingerprint density at radius 3 is 2.58 bits per heavy atom. The molecular formula is C22H24ClN3O3S2. The third-order valence-electron chi connectivity index (χ3n) is 4.08. The van der Waals surface area contributed by atoms with Crippen LogP contribution in [0.5, 0.6) is 0 Å². The number of hydrogen-bond donors (Lipinski definition) is 2. The predicted octanol–water partition coefficient (Wildman–Crippen LogP) is 4.65. The summed E-state index contributed by atoms with van der Waals surface area (Å²) in [7, 11) is -3.79. The minimum atomic E-state index is -3.79. The maximum absolute atomic E-state index is 12.7. The molecule has 164 valence electrons. The fourth-order valence-corrected chi connectivity index (χ4v) is 5.58. The maximum Gasteiger partial charge on any atom is 0.243 e. The number of anilines is 1. The summed E-state index contributed by atoms with van der Waals surface area (Å²) in [6.45, 7) is 5.28. The molecule has 3 aromatic rings. The van der Waals surface area contributed by atoms with Gasteiger partial charge in [-0.3, -0.25) is 4.79 Å². The van der Waals surface area contributed by atoms with E-state index in [4.69, 9.17) is 11.6 Å². The maximum atomic E-state index is 12.7. The van der Waals surface area contributed by atoms with Crippen LogP contribution >= 0.6 is 22.9 Å². The minimum absolute atomic E-state index is 0.0261. The Kier molecular flexibility index (Phi) is 7.16. The van der Waals surface area contributed by atoms with Crippen molar-refractivity contribution in [1.29, 1.82) is 0 Å². The number of halogens is 1. The summed E-state index contributed by atoms with van der Waals surface area (Å²) in [5.41, 5.74) is 1.27. The van der Waals surface area contributed by atoms with E-state index in [0.29, 0.717) is 17.1 Å². The van der Waals surface area contributed by atoms with Gasteiger partial charge in [-0.15, -0.1) is 11.3 Å². The summed E-state index contributed by atoms with van der Waals surface area (Å²) in [6.07, 6.45) is 0.680. The molecule has 2 N–H and O–H groups in total. The number of nitrogens with zero attached hydrogens (tertiary/aromatic N) is 1. The summed E-state index contributed by atoms with van der Waals surface area (Å²) in [6, 6.07) is 13.9. The minimum Gasteiger partial charge on any atom is -0.325 e. The lowest BCUT2D eigenvalue weighted by Gasteiger charge is -2.21. The van der Waals surface area contributed by atoms with Crippen LogP contribution in [0.2, 0.25) is 5.02 Å². The molecular weight excluding hydrogens is 454 g/mol. The van der Waals surface area contributed by atoms with E-state index in [1.807, 2.05) is 29.6 Å². The number of carbonyl (C=O) groups excluding carboxylic acids is 1. The molecule has 0 spiro atoms. The molecule has 0 aliphatic rings. The van der Waals surface area contributed by atoms with Gasteiger partial charge in [-0.1, -0.05) is 35.9 Å². The highest BCUT2D eigenvalue weighted by atomic mass is 35.5. The standard InChI is InChI=1S/C22H24ClN3O3S2/c1-22(2,3)26-31(28,29)19-10-5-4-9-18(19)25-20(27)13-17-14-30-21(24-17)12-15-7-6-8-16(23)11-15/h4-11,14,26H,12-13H2,1-3H3,(H,25,27). The molecule has 0 aliphatic heterocycles. The summed E-state index contributed by atoms with van der Waals surface area (Å²) >= 11 is 7.50. The highest BCUT2D eigenvalue weighted by Gasteiger charge is 2.25. The largest absolute Gasteiger partial charge is 0.325 e. The van der Waals surface area contributed by atoms with Crippen molar-refractivity contribution in [3.63, 3.8) is 0 Å². The van der Waals surface area contributed by atoms with Crippen molar-refractivity contribution in [2.45, 2.75) is 44.0 Å². The van der Waals surface area contributed by atoms with Crippen molar-refractivity contribution in [3.8, 4) is 0 Å². The normalized spacial score (nSPS) is 12.0. The molecule has 1 amide bonds. The molecule has 0 bridgehead atoms. The Morgan fingerprint density at radius 2 is 1.87 bits per heavy atom. The summed E-state index contributed by atoms with van der Waals surface area (Å²) in [4.78, 5) is 17.1. The number of aromatic nitrogens is 1. The number of para-hydroxylation sites is 1. The van der Waals surface area contributed by atoms with Gasteiger partial charge in [0.25, 0.3) is 0 Å². The molecule has 1 aromatic heterocycles. The topological polar surface area (TPSA) is 88.2 Å². The van der Waals surface area contributed by atoms with E-state index < -0.39 is 15.6 Å². The smallest absolute Gasteiger partial charge is 0.243 e. The van der Waals surface area contributed by atoms with Crippen molar-refractivity contribution < 1.29 is 13.2 Å². The van der Waals surface area contributed by atoms with Gasteiger partial charge in [0.1, 0.15) is 4.90 Å². The zero-order chi connectivity index (χ0) is 22.6. The number of rotatable bonds is 7. The van der Waals surface area contributed by atoms with E-state index in [-0.39, 0.29) is 22.9 Å². The van der Waals surface area contributed by atoms with Crippen LogP contribution in [-0.2, 0) is 27.7 Å². The van der Waals surface area contributed by atoms with E-state index in [9.17, 15) is 13.2 Å². The third kappa shape index (κ3) is 6.87. The van der Waals surface area contributed by atoms with E-state index in [1.165, 1.54) is 17.4 Å². The van der Waals surface area contributed by atoms with Crippen molar-refractivity contribution in [3.05, 3.63) is 75.2 Å². The molecule has 0 radical (unpaired) electrons. The second-order valence-corrected chi connectivity index (χ2v) is 11.1. The summed E-state index contributed by atoms with van der Waals surface area (Å²) in [5.74, 6) is -0.335. The van der Waals surface area contributed by atoms with Gasteiger partial charge >= 0.3 is 0 Å². The quantitative estimate of drug-likeness (QED) is 0.518. The molecule has 0 fully saturated rings. The van der Waals surface area contributed by atoms with Crippen molar-refractivity contribution >= 4 is 44.6 Å². The molecule has 2 aromatic carbocycles. The average molecular weight is 478 g/mol. The number of hydrogen-bond acceptors (Lipinski definition) is 5. The molecule has 9 heteroatoms. The average Bonchev–Trinajstić information content (AvgIpc) is 3.06. The molecule has 3 rings (SSSR count). The highest BCUT2D eigenvalue weighted by molar-refractivity contribution is 7.89. The SMILES string of the molecule is CC(C)(C)NS(=O)(=O)c1ccccc1NC(=O)Cc1csc(Cc2cccc(Cl)c2)n1. The number of nitrogens with one attached hydrogen (secondary N) is 2. The Hall–Kier alpha value is -2.26. The number of sulfonamides is 1. The summed E-state index contributed by atoms with van der Waals surface area (Å²) in [5, 5.41) is 6.09. The first kappa shape index (κ1) is 23.4. The Bertz CT molecular complexity index is 1180. The van der Waals surface area contributed by atoms with Crippen LogP contribution in [0.15, 0.2) is 58.8 Å². The Labute approximate surface area is 191 Å². The van der Waals surface area contributed by atoms with Crippen molar-refractivity contribution in [2.75, 3.05) is 5.32 Å². The molecule has 0 unspecified atom stereocenters. The zero-order valence-corrected chi connectivity index (χ0v) is 19.9. The van der Waals surface area contributed by atoms with Crippen LogP contribution < -0.4 is 10.0 Å². The van der Waals surface area contributed by atoms with Gasteiger partial charge in [0, 0.05) is 22.4 Å². The van der Waals surface area contributed by atoms with Crippen LogP contribution in [0.3, 0.4) is 0 Å². The van der Waals surface area contributed by atoms with Gasteiger partial charge in [-0.05, 0) is 50.6 Å². The lowest BCUT2D eigenvalue weighted by Crippen LogP contribution is -2.40. The van der Waals surface area contributed by atoms with Gasteiger partial charge < -0.3 is 5.32 Å². The Morgan fingerprint density at radius 1 is 1.13 bits per heavy atom. The van der Waals surface area contributed by atoms with Crippen LogP contribution in [0.25, 0.3) is 0 Å². The lowest BCUT2D eigenvalue weighted by molar-refractivity contribution is -0.115. The molecule has 1 heterocycles. The van der Waals surface area contributed by atoms with E-state index >= 15 is 0 Å². The molecule has 0 aliphatic carbocycles. The fourth-order valence-electron chi connectivity index (χ4n) is 2.95. The second-order valence-electron chi connectivity index (χ2n) is 8.12. The highest BCUT2D eigenvalue weighted by Crippen LogP contribution is 2.23. The number of benzene rings is 2. The molecule has 0 saturated heterocycles. The van der Waals surface area contributed by atoms with Crippen LogP contribution in [0.1, 0.15) is 37.0 Å². The van der Waals surface area contributed by atoms with Crippen LogP contribution in [0, 0.1) is 0 Å².